The number of hydrogen-bond acceptors (Lipinski definition) is 4. The minimum atomic E-state index is -0.483. The monoisotopic (exact) mass is 326 g/mol. The van der Waals surface area contributed by atoms with Crippen LogP contribution in [-0.4, -0.2) is 28.0 Å². The summed E-state index contributed by atoms with van der Waals surface area (Å²) in [5.74, 6) is -0.296. The topological polar surface area (TPSA) is 110 Å². The van der Waals surface area contributed by atoms with Gasteiger partial charge in [0.15, 0.2) is 0 Å². The number of fused-ring (bicyclic) bond motifs is 1. The Balaban J connectivity index is 0.00000242. The van der Waals surface area contributed by atoms with Crippen molar-refractivity contribution in [2.75, 3.05) is 6.54 Å². The molecule has 0 unspecified atom stereocenters. The summed E-state index contributed by atoms with van der Waals surface area (Å²) in [4.78, 5) is 38.5. The molecule has 2 rings (SSSR count). The van der Waals surface area contributed by atoms with Crippen molar-refractivity contribution in [3.05, 3.63) is 44.6 Å². The van der Waals surface area contributed by atoms with Gasteiger partial charge in [0.05, 0.1) is 10.9 Å². The van der Waals surface area contributed by atoms with E-state index in [4.69, 9.17) is 5.73 Å². The molecule has 2 aromatic rings. The van der Waals surface area contributed by atoms with E-state index in [9.17, 15) is 14.4 Å². The third-order valence-corrected chi connectivity index (χ3v) is 3.29. The number of H-pyrrole nitrogens is 1. The number of aromatic amines is 1. The third-order valence-electron chi connectivity index (χ3n) is 3.29. The SMILES string of the molecule is CCn1c(=O)[nH]c2cc(C(=O)N[C@@H](C)CN)ccc2c1=O.Cl. The summed E-state index contributed by atoms with van der Waals surface area (Å²) in [5.41, 5.74) is 5.33. The van der Waals surface area contributed by atoms with E-state index in [1.807, 2.05) is 0 Å². The highest BCUT2D eigenvalue weighted by molar-refractivity contribution is 5.97. The molecular formula is C14H19ClN4O3. The highest BCUT2D eigenvalue weighted by Crippen LogP contribution is 2.09. The van der Waals surface area contributed by atoms with Crippen LogP contribution in [-0.2, 0) is 6.54 Å². The van der Waals surface area contributed by atoms with Gasteiger partial charge in [-0.1, -0.05) is 0 Å². The van der Waals surface area contributed by atoms with Gasteiger partial charge in [-0.2, -0.15) is 0 Å². The molecule has 0 radical (unpaired) electrons. The van der Waals surface area contributed by atoms with E-state index in [0.717, 1.165) is 4.57 Å². The van der Waals surface area contributed by atoms with Gasteiger partial charge in [-0.3, -0.25) is 14.2 Å². The average Bonchev–Trinajstić information content (AvgIpc) is 2.46. The molecule has 1 aromatic heterocycles. The Morgan fingerprint density at radius 2 is 2.09 bits per heavy atom. The number of halogens is 1. The molecule has 1 heterocycles. The zero-order valence-electron chi connectivity index (χ0n) is 12.4. The zero-order valence-corrected chi connectivity index (χ0v) is 13.2. The molecule has 0 fully saturated rings. The van der Waals surface area contributed by atoms with Crippen molar-refractivity contribution in [1.29, 1.82) is 0 Å². The largest absolute Gasteiger partial charge is 0.348 e. The molecule has 8 heteroatoms. The van der Waals surface area contributed by atoms with E-state index < -0.39 is 5.69 Å². The Kier molecular flexibility index (Phi) is 5.90. The summed E-state index contributed by atoms with van der Waals surface area (Å²) in [7, 11) is 0. The number of aromatic nitrogens is 2. The zero-order chi connectivity index (χ0) is 15.6. The van der Waals surface area contributed by atoms with Crippen molar-refractivity contribution in [2.45, 2.75) is 26.4 Å². The minimum Gasteiger partial charge on any atom is -0.348 e. The number of carbonyl (C=O) groups is 1. The molecule has 0 aliphatic carbocycles. The van der Waals surface area contributed by atoms with Crippen LogP contribution in [0.4, 0.5) is 0 Å². The van der Waals surface area contributed by atoms with Crippen molar-refractivity contribution >= 4 is 29.2 Å². The summed E-state index contributed by atoms with van der Waals surface area (Å²) >= 11 is 0. The van der Waals surface area contributed by atoms with Crippen molar-refractivity contribution in [2.24, 2.45) is 5.73 Å². The van der Waals surface area contributed by atoms with Crippen LogP contribution in [0.3, 0.4) is 0 Å². The van der Waals surface area contributed by atoms with Gasteiger partial charge in [0.25, 0.3) is 11.5 Å². The third kappa shape index (κ3) is 3.37. The molecule has 0 aliphatic heterocycles. The first-order valence-electron chi connectivity index (χ1n) is 6.75. The first-order valence-corrected chi connectivity index (χ1v) is 6.75. The van der Waals surface area contributed by atoms with Gasteiger partial charge in [-0.25, -0.2) is 4.79 Å². The number of benzene rings is 1. The first-order chi connectivity index (χ1) is 9.97. The standard InChI is InChI=1S/C14H18N4O3.ClH/c1-3-18-13(20)10-5-4-9(6-11(10)17-14(18)21)12(19)16-8(2)7-15;/h4-6,8H,3,7,15H2,1-2H3,(H,16,19)(H,17,21);1H/t8-;/m0./s1. The van der Waals surface area contributed by atoms with E-state index in [1.165, 1.54) is 6.07 Å². The van der Waals surface area contributed by atoms with Crippen molar-refractivity contribution in [3.8, 4) is 0 Å². The Morgan fingerprint density at radius 1 is 1.41 bits per heavy atom. The maximum atomic E-state index is 12.1. The Bertz CT molecular complexity index is 797. The molecule has 120 valence electrons. The van der Waals surface area contributed by atoms with Gasteiger partial charge >= 0.3 is 5.69 Å². The summed E-state index contributed by atoms with van der Waals surface area (Å²) in [6.07, 6.45) is 0. The smallest absolute Gasteiger partial charge is 0.328 e. The lowest BCUT2D eigenvalue weighted by Crippen LogP contribution is -2.38. The van der Waals surface area contributed by atoms with E-state index >= 15 is 0 Å². The van der Waals surface area contributed by atoms with Crippen molar-refractivity contribution in [1.82, 2.24) is 14.9 Å². The van der Waals surface area contributed by atoms with Gasteiger partial charge in [-0.05, 0) is 32.0 Å². The fraction of sp³-hybridized carbons (Fsp3) is 0.357. The van der Waals surface area contributed by atoms with E-state index in [1.54, 1.807) is 26.0 Å². The van der Waals surface area contributed by atoms with E-state index in [2.05, 4.69) is 10.3 Å². The second-order valence-corrected chi connectivity index (χ2v) is 4.85. The fourth-order valence-corrected chi connectivity index (χ4v) is 2.05. The highest BCUT2D eigenvalue weighted by atomic mass is 35.5. The van der Waals surface area contributed by atoms with Crippen LogP contribution >= 0.6 is 12.4 Å². The molecule has 7 nitrogen and oxygen atoms in total. The molecule has 22 heavy (non-hydrogen) atoms. The molecule has 0 saturated carbocycles. The van der Waals surface area contributed by atoms with Gasteiger partial charge in [0, 0.05) is 24.7 Å². The van der Waals surface area contributed by atoms with Crippen LogP contribution in [0.25, 0.3) is 10.9 Å². The van der Waals surface area contributed by atoms with Crippen molar-refractivity contribution < 1.29 is 4.79 Å². The Labute approximate surface area is 132 Å². The lowest BCUT2D eigenvalue weighted by atomic mass is 10.1. The molecule has 0 saturated heterocycles. The number of amides is 1. The summed E-state index contributed by atoms with van der Waals surface area (Å²) in [5, 5.41) is 3.10. The molecule has 1 aromatic carbocycles. The highest BCUT2D eigenvalue weighted by Gasteiger charge is 2.12. The molecule has 1 amide bonds. The maximum absolute atomic E-state index is 12.1. The summed E-state index contributed by atoms with van der Waals surface area (Å²) in [6, 6.07) is 4.44. The molecule has 0 aliphatic rings. The van der Waals surface area contributed by atoms with Crippen LogP contribution < -0.4 is 22.3 Å². The second-order valence-electron chi connectivity index (χ2n) is 4.85. The fourth-order valence-electron chi connectivity index (χ4n) is 2.05. The maximum Gasteiger partial charge on any atom is 0.328 e. The first kappa shape index (κ1) is 17.9. The minimum absolute atomic E-state index is 0. The van der Waals surface area contributed by atoms with E-state index in [-0.39, 0.29) is 29.9 Å². The lowest BCUT2D eigenvalue weighted by molar-refractivity contribution is 0.0941. The predicted octanol–water partition coefficient (Wildman–Crippen LogP) is 0.209. The number of nitrogens with two attached hydrogens (primary N) is 1. The molecular weight excluding hydrogens is 308 g/mol. The van der Waals surface area contributed by atoms with Crippen LogP contribution in [0.2, 0.25) is 0 Å². The van der Waals surface area contributed by atoms with Gasteiger partial charge in [0.2, 0.25) is 0 Å². The summed E-state index contributed by atoms with van der Waals surface area (Å²) in [6.45, 7) is 4.14. The van der Waals surface area contributed by atoms with Crippen LogP contribution in [0.5, 0.6) is 0 Å². The predicted molar refractivity (Wildman–Crippen MR) is 87.7 cm³/mol. The van der Waals surface area contributed by atoms with E-state index in [0.29, 0.717) is 29.6 Å². The Morgan fingerprint density at radius 3 is 2.68 bits per heavy atom. The Hall–Kier alpha value is -2.12. The van der Waals surface area contributed by atoms with Crippen LogP contribution in [0.1, 0.15) is 24.2 Å². The molecule has 4 N–H and O–H groups in total. The number of nitrogens with one attached hydrogen (secondary N) is 2. The van der Waals surface area contributed by atoms with Gasteiger partial charge in [-0.15, -0.1) is 12.4 Å². The lowest BCUT2D eigenvalue weighted by Gasteiger charge is -2.11. The molecule has 0 bridgehead atoms. The average molecular weight is 327 g/mol. The normalized spacial score (nSPS) is 11.8. The quantitative estimate of drug-likeness (QED) is 0.746. The molecule has 1 atom stereocenters. The van der Waals surface area contributed by atoms with Crippen LogP contribution in [0, 0.1) is 0 Å². The molecule has 0 spiro atoms. The number of carbonyl (C=O) groups excluding carboxylic acids is 1. The number of hydrogen-bond donors (Lipinski definition) is 3. The number of nitrogens with zero attached hydrogens (tertiary/aromatic N) is 1. The van der Waals surface area contributed by atoms with Crippen LogP contribution in [0.15, 0.2) is 27.8 Å². The number of rotatable bonds is 4. The summed E-state index contributed by atoms with van der Waals surface area (Å²) < 4.78 is 1.11. The second kappa shape index (κ2) is 7.24. The van der Waals surface area contributed by atoms with Gasteiger partial charge in [0.1, 0.15) is 0 Å². The van der Waals surface area contributed by atoms with Gasteiger partial charge < -0.3 is 16.0 Å². The van der Waals surface area contributed by atoms with Crippen molar-refractivity contribution in [3.63, 3.8) is 0 Å².